The van der Waals surface area contributed by atoms with Gasteiger partial charge in [-0.2, -0.15) is 0 Å². The number of urea groups is 1. The predicted molar refractivity (Wildman–Crippen MR) is 88.2 cm³/mol. The zero-order valence-corrected chi connectivity index (χ0v) is 14.5. The average Bonchev–Trinajstić information content (AvgIpc) is 2.42. The van der Waals surface area contributed by atoms with E-state index in [1.807, 2.05) is 13.8 Å². The van der Waals surface area contributed by atoms with Crippen LogP contribution in [0.25, 0.3) is 0 Å². The van der Waals surface area contributed by atoms with Gasteiger partial charge in [-0.1, -0.05) is 12.1 Å². The van der Waals surface area contributed by atoms with Crippen molar-refractivity contribution in [1.82, 2.24) is 14.9 Å². The lowest BCUT2D eigenvalue weighted by atomic mass is 10.1. The van der Waals surface area contributed by atoms with Crippen molar-refractivity contribution < 1.29 is 17.6 Å². The molecule has 1 rings (SSSR count). The van der Waals surface area contributed by atoms with E-state index in [1.54, 1.807) is 12.1 Å². The third-order valence-corrected chi connectivity index (χ3v) is 4.40. The standard InChI is InChI=1S/C15H24FN3O3S/c1-12(2)18-15(20)17-9-11-19(23(3,21)22)10-8-13-4-6-14(16)7-5-13/h4-7,12H,8-11H2,1-3H3,(H2,17,18,20). The Labute approximate surface area is 137 Å². The highest BCUT2D eigenvalue weighted by atomic mass is 32.2. The number of sulfonamides is 1. The number of carbonyl (C=O) groups excluding carboxylic acids is 1. The maximum Gasteiger partial charge on any atom is 0.315 e. The lowest BCUT2D eigenvalue weighted by Gasteiger charge is -2.20. The minimum absolute atomic E-state index is 0.0134. The Morgan fingerprint density at radius 3 is 2.35 bits per heavy atom. The molecule has 0 saturated heterocycles. The van der Waals surface area contributed by atoms with Crippen LogP contribution in [0.5, 0.6) is 0 Å². The molecule has 0 fully saturated rings. The first kappa shape index (κ1) is 19.4. The number of nitrogens with one attached hydrogen (secondary N) is 2. The minimum Gasteiger partial charge on any atom is -0.337 e. The molecule has 0 aliphatic heterocycles. The molecule has 0 saturated carbocycles. The van der Waals surface area contributed by atoms with Gasteiger partial charge in [-0.25, -0.2) is 21.9 Å². The van der Waals surface area contributed by atoms with E-state index < -0.39 is 10.0 Å². The maximum atomic E-state index is 12.9. The minimum atomic E-state index is -3.38. The van der Waals surface area contributed by atoms with Gasteiger partial charge in [0.1, 0.15) is 5.82 Å². The van der Waals surface area contributed by atoms with Gasteiger partial charge in [0.05, 0.1) is 6.26 Å². The maximum absolute atomic E-state index is 12.9. The van der Waals surface area contributed by atoms with Gasteiger partial charge >= 0.3 is 6.03 Å². The van der Waals surface area contributed by atoms with E-state index in [9.17, 15) is 17.6 Å². The zero-order chi connectivity index (χ0) is 17.5. The van der Waals surface area contributed by atoms with Crippen molar-refractivity contribution >= 4 is 16.1 Å². The molecule has 0 aromatic heterocycles. The van der Waals surface area contributed by atoms with Gasteiger partial charge in [0.25, 0.3) is 0 Å². The molecule has 0 spiro atoms. The fourth-order valence-electron chi connectivity index (χ4n) is 1.96. The average molecular weight is 345 g/mol. The molecule has 0 aliphatic carbocycles. The number of carbonyl (C=O) groups is 1. The number of amides is 2. The highest BCUT2D eigenvalue weighted by Crippen LogP contribution is 2.06. The Morgan fingerprint density at radius 1 is 1.22 bits per heavy atom. The van der Waals surface area contributed by atoms with Crippen LogP contribution in [0.3, 0.4) is 0 Å². The van der Waals surface area contributed by atoms with Crippen LogP contribution >= 0.6 is 0 Å². The number of rotatable bonds is 8. The van der Waals surface area contributed by atoms with Crippen LogP contribution in [0.15, 0.2) is 24.3 Å². The van der Waals surface area contributed by atoms with Crippen molar-refractivity contribution in [3.63, 3.8) is 0 Å². The molecule has 0 aliphatic rings. The van der Waals surface area contributed by atoms with Gasteiger partial charge in [0.2, 0.25) is 10.0 Å². The zero-order valence-electron chi connectivity index (χ0n) is 13.7. The first-order valence-corrected chi connectivity index (χ1v) is 9.27. The molecule has 0 atom stereocenters. The lowest BCUT2D eigenvalue weighted by molar-refractivity contribution is 0.237. The number of hydrogen-bond acceptors (Lipinski definition) is 3. The summed E-state index contributed by atoms with van der Waals surface area (Å²) in [7, 11) is -3.38. The van der Waals surface area contributed by atoms with E-state index in [0.29, 0.717) is 6.42 Å². The molecule has 8 heteroatoms. The van der Waals surface area contributed by atoms with E-state index in [2.05, 4.69) is 10.6 Å². The van der Waals surface area contributed by atoms with E-state index in [-0.39, 0.29) is 37.5 Å². The largest absolute Gasteiger partial charge is 0.337 e. The third kappa shape index (κ3) is 7.94. The highest BCUT2D eigenvalue weighted by Gasteiger charge is 2.16. The lowest BCUT2D eigenvalue weighted by Crippen LogP contribution is -2.44. The monoisotopic (exact) mass is 345 g/mol. The van der Waals surface area contributed by atoms with E-state index in [1.165, 1.54) is 16.4 Å². The van der Waals surface area contributed by atoms with Gasteiger partial charge in [0.15, 0.2) is 0 Å². The fraction of sp³-hybridized carbons (Fsp3) is 0.533. The fourth-order valence-corrected chi connectivity index (χ4v) is 2.80. The third-order valence-electron chi connectivity index (χ3n) is 3.10. The SMILES string of the molecule is CC(C)NC(=O)NCCN(CCc1ccc(F)cc1)S(C)(=O)=O. The summed E-state index contributed by atoms with van der Waals surface area (Å²) in [5, 5.41) is 5.28. The summed E-state index contributed by atoms with van der Waals surface area (Å²) in [4.78, 5) is 11.5. The highest BCUT2D eigenvalue weighted by molar-refractivity contribution is 7.88. The van der Waals surface area contributed by atoms with Gasteiger partial charge in [-0.3, -0.25) is 0 Å². The first-order valence-electron chi connectivity index (χ1n) is 7.42. The summed E-state index contributed by atoms with van der Waals surface area (Å²) < 4.78 is 37.7. The number of hydrogen-bond donors (Lipinski definition) is 2. The second kappa shape index (κ2) is 8.83. The molecule has 0 heterocycles. The van der Waals surface area contributed by atoms with Crippen LogP contribution in [-0.2, 0) is 16.4 Å². The summed E-state index contributed by atoms with van der Waals surface area (Å²) >= 11 is 0. The van der Waals surface area contributed by atoms with Crippen molar-refractivity contribution in [1.29, 1.82) is 0 Å². The van der Waals surface area contributed by atoms with Crippen molar-refractivity contribution in [2.24, 2.45) is 0 Å². The van der Waals surface area contributed by atoms with Crippen LogP contribution in [0.4, 0.5) is 9.18 Å². The molecule has 2 amide bonds. The molecule has 0 unspecified atom stereocenters. The molecule has 0 bridgehead atoms. The first-order chi connectivity index (χ1) is 10.7. The smallest absolute Gasteiger partial charge is 0.315 e. The van der Waals surface area contributed by atoms with E-state index in [4.69, 9.17) is 0 Å². The van der Waals surface area contributed by atoms with Crippen molar-refractivity contribution in [2.75, 3.05) is 25.9 Å². The van der Waals surface area contributed by atoms with Gasteiger partial charge in [-0.05, 0) is 38.0 Å². The molecule has 1 aromatic rings. The Morgan fingerprint density at radius 2 is 1.83 bits per heavy atom. The second-order valence-corrected chi connectivity index (χ2v) is 7.58. The summed E-state index contributed by atoms with van der Waals surface area (Å²) in [5.74, 6) is -0.325. The Bertz CT molecular complexity index is 603. The molecule has 23 heavy (non-hydrogen) atoms. The molecule has 0 radical (unpaired) electrons. The van der Waals surface area contributed by atoms with Crippen molar-refractivity contribution in [3.8, 4) is 0 Å². The molecule has 1 aromatic carbocycles. The Balaban J connectivity index is 2.50. The number of halogens is 1. The Kier molecular flexibility index (Phi) is 7.44. The van der Waals surface area contributed by atoms with Crippen LogP contribution in [0.2, 0.25) is 0 Å². The summed E-state index contributed by atoms with van der Waals surface area (Å²) in [6, 6.07) is 5.64. The van der Waals surface area contributed by atoms with Crippen LogP contribution in [0.1, 0.15) is 19.4 Å². The Hall–Kier alpha value is -1.67. The summed E-state index contributed by atoms with van der Waals surface area (Å²) in [6.07, 6.45) is 1.61. The quantitative estimate of drug-likeness (QED) is 0.746. The topological polar surface area (TPSA) is 78.5 Å². The summed E-state index contributed by atoms with van der Waals surface area (Å²) in [5.41, 5.74) is 0.852. The van der Waals surface area contributed by atoms with Crippen molar-refractivity contribution in [3.05, 3.63) is 35.6 Å². The van der Waals surface area contributed by atoms with Gasteiger partial charge in [-0.15, -0.1) is 0 Å². The second-order valence-electron chi connectivity index (χ2n) is 5.59. The van der Waals surface area contributed by atoms with Crippen molar-refractivity contribution in [2.45, 2.75) is 26.3 Å². The molecular formula is C15H24FN3O3S. The molecular weight excluding hydrogens is 321 g/mol. The molecule has 2 N–H and O–H groups in total. The molecule has 130 valence electrons. The molecule has 6 nitrogen and oxygen atoms in total. The van der Waals surface area contributed by atoms with Gasteiger partial charge in [0, 0.05) is 25.7 Å². The normalized spacial score (nSPS) is 11.7. The number of nitrogens with zero attached hydrogens (tertiary/aromatic N) is 1. The van der Waals surface area contributed by atoms with E-state index in [0.717, 1.165) is 11.8 Å². The van der Waals surface area contributed by atoms with Crippen LogP contribution in [0, 0.1) is 5.82 Å². The van der Waals surface area contributed by atoms with E-state index >= 15 is 0 Å². The van der Waals surface area contributed by atoms with Crippen LogP contribution < -0.4 is 10.6 Å². The van der Waals surface area contributed by atoms with Gasteiger partial charge < -0.3 is 10.6 Å². The summed E-state index contributed by atoms with van der Waals surface area (Å²) in [6.45, 7) is 4.36. The predicted octanol–water partition coefficient (Wildman–Crippen LogP) is 1.34. The van der Waals surface area contributed by atoms with Crippen LogP contribution in [-0.4, -0.2) is 50.7 Å². The number of benzene rings is 1.